The summed E-state index contributed by atoms with van der Waals surface area (Å²) in [7, 11) is 1.46. The number of ether oxygens (including phenoxy) is 1. The number of carbonyl (C=O) groups excluding carboxylic acids is 1. The highest BCUT2D eigenvalue weighted by Crippen LogP contribution is 2.42. The van der Waals surface area contributed by atoms with Crippen molar-refractivity contribution in [2.24, 2.45) is 5.73 Å². The van der Waals surface area contributed by atoms with Crippen molar-refractivity contribution in [3.05, 3.63) is 84.0 Å². The Morgan fingerprint density at radius 2 is 1.91 bits per heavy atom. The Morgan fingerprint density at radius 3 is 2.51 bits per heavy atom. The number of nitrogens with two attached hydrogens (primary N) is 1. The fourth-order valence-corrected chi connectivity index (χ4v) is 5.76. The average Bonchev–Trinajstić information content (AvgIpc) is 3.71. The molecule has 1 aromatic carbocycles. The van der Waals surface area contributed by atoms with Crippen molar-refractivity contribution in [2.75, 3.05) is 12.0 Å². The number of hydrogen-bond donors (Lipinski definition) is 2. The van der Waals surface area contributed by atoms with Gasteiger partial charge in [-0.2, -0.15) is 23.4 Å². The van der Waals surface area contributed by atoms with Gasteiger partial charge in [0.05, 0.1) is 24.0 Å². The highest BCUT2D eigenvalue weighted by molar-refractivity contribution is 5.91. The van der Waals surface area contributed by atoms with E-state index in [0.717, 1.165) is 12.3 Å². The number of anilines is 2. The second-order valence-electron chi connectivity index (χ2n) is 11.0. The molecule has 0 spiro atoms. The summed E-state index contributed by atoms with van der Waals surface area (Å²) in [6, 6.07) is 10.9. The maximum absolute atomic E-state index is 13.7. The zero-order valence-corrected chi connectivity index (χ0v) is 24.3. The summed E-state index contributed by atoms with van der Waals surface area (Å²) >= 11 is 0. The predicted molar refractivity (Wildman–Crippen MR) is 155 cm³/mol. The number of aromatic nitrogens is 7. The number of hydrogen-bond acceptors (Lipinski definition) is 8. The zero-order valence-electron chi connectivity index (χ0n) is 24.3. The van der Waals surface area contributed by atoms with Gasteiger partial charge in [-0.15, -0.1) is 0 Å². The van der Waals surface area contributed by atoms with Crippen LogP contribution in [0.25, 0.3) is 16.7 Å². The number of halogens is 4. The number of fused-ring (bicyclic) bond motifs is 1. The molecule has 1 fully saturated rings. The van der Waals surface area contributed by atoms with Crippen molar-refractivity contribution in [1.29, 1.82) is 0 Å². The number of methoxy groups -OCH3 is 1. The second-order valence-corrected chi connectivity index (χ2v) is 11.0. The molecule has 0 unspecified atom stereocenters. The summed E-state index contributed by atoms with van der Waals surface area (Å²) in [5.74, 6) is -0.0371. The Morgan fingerprint density at radius 1 is 1.16 bits per heavy atom. The Labute approximate surface area is 254 Å². The Hall–Kier alpha value is -4.92. The Bertz CT molecular complexity index is 1830. The van der Waals surface area contributed by atoms with Gasteiger partial charge in [-0.1, -0.05) is 18.2 Å². The third kappa shape index (κ3) is 5.70. The number of pyridine rings is 1. The van der Waals surface area contributed by atoms with Crippen molar-refractivity contribution < 1.29 is 27.1 Å². The van der Waals surface area contributed by atoms with E-state index in [-0.39, 0.29) is 11.7 Å². The van der Waals surface area contributed by atoms with Crippen LogP contribution in [-0.2, 0) is 15.7 Å². The molecule has 0 aliphatic heterocycles. The van der Waals surface area contributed by atoms with Crippen molar-refractivity contribution in [3.8, 4) is 5.82 Å². The molecule has 4 heterocycles. The summed E-state index contributed by atoms with van der Waals surface area (Å²) in [5, 5.41) is 10.7. The molecule has 234 valence electrons. The highest BCUT2D eigenvalue weighted by atomic mass is 19.4. The van der Waals surface area contributed by atoms with Gasteiger partial charge in [0.1, 0.15) is 22.9 Å². The van der Waals surface area contributed by atoms with Crippen LogP contribution in [0.3, 0.4) is 0 Å². The number of aromatic amines is 1. The highest BCUT2D eigenvalue weighted by Gasteiger charge is 2.42. The first kappa shape index (κ1) is 30.1. The maximum atomic E-state index is 13.7. The summed E-state index contributed by atoms with van der Waals surface area (Å²) < 4.78 is 61.4. The lowest BCUT2D eigenvalue weighted by Gasteiger charge is -2.36. The third-order valence-electron chi connectivity index (χ3n) is 8.37. The normalized spacial score (nSPS) is 19.5. The number of nitrogens with zero attached hydrogens (tertiary/aromatic N) is 7. The molecular weight excluding hydrogens is 594 g/mol. The third-order valence-corrected chi connectivity index (χ3v) is 8.37. The molecule has 5 aromatic rings. The van der Waals surface area contributed by atoms with Crippen molar-refractivity contribution in [3.63, 3.8) is 0 Å². The molecule has 0 bridgehead atoms. The van der Waals surface area contributed by atoms with Gasteiger partial charge in [0, 0.05) is 30.7 Å². The molecule has 11 nitrogen and oxygen atoms in total. The first-order valence-corrected chi connectivity index (χ1v) is 14.2. The SMILES string of the molecule is COC1(C(N)=O)CCC(c2nc(N(c3cc(C(F)(F)F)[nH]n3)[C@@H](C)c3ccc(-n4cc(F)cn4)nc3)c3ccccc3n2)CC1. The van der Waals surface area contributed by atoms with Crippen LogP contribution in [-0.4, -0.2) is 53.5 Å². The summed E-state index contributed by atoms with van der Waals surface area (Å²) in [5.41, 5.74) is 4.77. The quantitative estimate of drug-likeness (QED) is 0.215. The molecule has 1 aliphatic carbocycles. The monoisotopic (exact) mass is 623 g/mol. The Balaban J connectivity index is 1.44. The average molecular weight is 624 g/mol. The van der Waals surface area contributed by atoms with Crippen LogP contribution < -0.4 is 10.6 Å². The number of alkyl halides is 3. The number of para-hydroxylation sites is 1. The molecule has 1 aliphatic rings. The standard InChI is InChI=1S/C30H29F4N9O2/c1-17(19-7-8-24(36-14-19)42-16-20(31)15-37-42)43(25-13-23(40-41-25)30(32,33)34)27-21-5-3-4-6-22(21)38-26(39-27)18-9-11-29(45-2,12-10-18)28(35)44/h3-8,13-18H,9-12H2,1-2H3,(H2,35,44)(H,40,41)/t17-,18?,29?/m0/s1. The number of nitrogens with one attached hydrogen (secondary N) is 1. The van der Waals surface area contributed by atoms with E-state index < -0.39 is 35.2 Å². The molecule has 1 amide bonds. The van der Waals surface area contributed by atoms with Crippen LogP contribution in [0.2, 0.25) is 0 Å². The van der Waals surface area contributed by atoms with Gasteiger partial charge in [-0.3, -0.25) is 9.89 Å². The summed E-state index contributed by atoms with van der Waals surface area (Å²) in [4.78, 5) is 27.9. The van der Waals surface area contributed by atoms with Gasteiger partial charge < -0.3 is 15.4 Å². The van der Waals surface area contributed by atoms with E-state index in [9.17, 15) is 22.4 Å². The van der Waals surface area contributed by atoms with Gasteiger partial charge in [0.25, 0.3) is 0 Å². The Kier molecular flexibility index (Phi) is 7.72. The van der Waals surface area contributed by atoms with Crippen molar-refractivity contribution in [1.82, 2.24) is 34.9 Å². The van der Waals surface area contributed by atoms with E-state index in [4.69, 9.17) is 20.4 Å². The summed E-state index contributed by atoms with van der Waals surface area (Å²) in [6.45, 7) is 1.79. The number of rotatable bonds is 8. The van der Waals surface area contributed by atoms with E-state index >= 15 is 0 Å². The van der Waals surface area contributed by atoms with Crippen molar-refractivity contribution >= 4 is 28.4 Å². The molecule has 1 saturated carbocycles. The van der Waals surface area contributed by atoms with Crippen LogP contribution in [0.15, 0.2) is 61.1 Å². The lowest BCUT2D eigenvalue weighted by Crippen LogP contribution is -2.48. The smallest absolute Gasteiger partial charge is 0.368 e. The van der Waals surface area contributed by atoms with Gasteiger partial charge >= 0.3 is 6.18 Å². The number of amides is 1. The number of primary amides is 1. The molecular formula is C30H29F4N9O2. The van der Waals surface area contributed by atoms with Crippen LogP contribution >= 0.6 is 0 Å². The van der Waals surface area contributed by atoms with Gasteiger partial charge in [-0.25, -0.2) is 24.0 Å². The van der Waals surface area contributed by atoms with Gasteiger partial charge in [0.2, 0.25) is 5.91 Å². The van der Waals surface area contributed by atoms with E-state index in [0.29, 0.717) is 59.6 Å². The second kappa shape index (κ2) is 11.5. The minimum absolute atomic E-state index is 0.0152. The molecule has 6 rings (SSSR count). The first-order chi connectivity index (χ1) is 21.5. The molecule has 4 aromatic heterocycles. The van der Waals surface area contributed by atoms with Crippen LogP contribution in [0.1, 0.15) is 61.6 Å². The number of H-pyrrole nitrogens is 1. The van der Waals surface area contributed by atoms with E-state index in [2.05, 4.69) is 20.3 Å². The largest absolute Gasteiger partial charge is 0.432 e. The fourth-order valence-electron chi connectivity index (χ4n) is 5.76. The van der Waals surface area contributed by atoms with E-state index in [1.807, 2.05) is 12.1 Å². The molecule has 0 saturated heterocycles. The van der Waals surface area contributed by atoms with E-state index in [1.165, 1.54) is 18.0 Å². The van der Waals surface area contributed by atoms with Gasteiger partial charge in [0.15, 0.2) is 17.5 Å². The molecule has 1 atom stereocenters. The van der Waals surface area contributed by atoms with Crippen LogP contribution in [0, 0.1) is 5.82 Å². The topological polar surface area (TPSA) is 141 Å². The lowest BCUT2D eigenvalue weighted by atomic mass is 9.78. The summed E-state index contributed by atoms with van der Waals surface area (Å²) in [6.07, 6.45) is 0.918. The number of benzene rings is 1. The fraction of sp³-hybridized carbons (Fsp3) is 0.333. The van der Waals surface area contributed by atoms with E-state index in [1.54, 1.807) is 42.3 Å². The molecule has 45 heavy (non-hydrogen) atoms. The minimum Gasteiger partial charge on any atom is -0.368 e. The van der Waals surface area contributed by atoms with Crippen molar-refractivity contribution in [2.45, 2.75) is 56.3 Å². The van der Waals surface area contributed by atoms with Crippen LogP contribution in [0.4, 0.5) is 29.2 Å². The molecule has 0 radical (unpaired) electrons. The maximum Gasteiger partial charge on any atom is 0.432 e. The van der Waals surface area contributed by atoms with Crippen LogP contribution in [0.5, 0.6) is 0 Å². The van der Waals surface area contributed by atoms with Gasteiger partial charge in [-0.05, 0) is 56.4 Å². The minimum atomic E-state index is -4.66. The predicted octanol–water partition coefficient (Wildman–Crippen LogP) is 5.52. The lowest BCUT2D eigenvalue weighted by molar-refractivity contribution is -0.144. The zero-order chi connectivity index (χ0) is 31.9. The molecule has 3 N–H and O–H groups in total. The first-order valence-electron chi connectivity index (χ1n) is 14.2. The molecule has 15 heteroatoms. The number of carbonyl (C=O) groups is 1.